The molecule has 0 spiro atoms. The lowest BCUT2D eigenvalue weighted by Gasteiger charge is -2.20. The van der Waals surface area contributed by atoms with Gasteiger partial charge in [0.25, 0.3) is 0 Å². The predicted octanol–water partition coefficient (Wildman–Crippen LogP) is 6.66. The number of carbonyl (C=O) groups excluding carboxylic acids is 1. The summed E-state index contributed by atoms with van der Waals surface area (Å²) < 4.78 is 11.6. The molecule has 0 aromatic heterocycles. The highest BCUT2D eigenvalue weighted by Gasteiger charge is 2.34. The highest BCUT2D eigenvalue weighted by molar-refractivity contribution is 7.97. The van der Waals surface area contributed by atoms with Crippen LogP contribution in [0, 0.1) is 0 Å². The summed E-state index contributed by atoms with van der Waals surface area (Å²) in [6, 6.07) is 33.2. The van der Waals surface area contributed by atoms with Crippen LogP contribution < -0.4 is 4.74 Å². The average molecular weight is 444 g/mol. The number of hydrogen-bond acceptors (Lipinski definition) is 3. The SMILES string of the molecule is CC(C)(C)OC(=O)COc1ccc2ccccc2c1[S+](c1ccccc1)c1ccccc1. The molecule has 0 aliphatic heterocycles. The van der Waals surface area contributed by atoms with Crippen molar-refractivity contribution in [2.45, 2.75) is 41.1 Å². The van der Waals surface area contributed by atoms with Crippen LogP contribution in [-0.2, 0) is 20.4 Å². The first-order valence-electron chi connectivity index (χ1n) is 10.6. The number of carbonyl (C=O) groups is 1. The van der Waals surface area contributed by atoms with E-state index in [0.29, 0.717) is 5.75 Å². The van der Waals surface area contributed by atoms with E-state index < -0.39 is 16.5 Å². The molecular weight excluding hydrogens is 416 g/mol. The summed E-state index contributed by atoms with van der Waals surface area (Å²) in [4.78, 5) is 15.8. The van der Waals surface area contributed by atoms with Crippen LogP contribution in [0.15, 0.2) is 112 Å². The summed E-state index contributed by atoms with van der Waals surface area (Å²) in [7, 11) is -0.412. The molecule has 0 aliphatic rings. The van der Waals surface area contributed by atoms with Crippen LogP contribution in [0.2, 0.25) is 0 Å². The Labute approximate surface area is 192 Å². The second kappa shape index (κ2) is 9.49. The molecule has 0 saturated carbocycles. The Bertz CT molecular complexity index is 1160. The number of rotatable bonds is 6. The number of esters is 1. The Morgan fingerprint density at radius 2 is 1.31 bits per heavy atom. The summed E-state index contributed by atoms with van der Waals surface area (Å²) in [6.45, 7) is 5.43. The van der Waals surface area contributed by atoms with Crippen molar-refractivity contribution >= 4 is 27.6 Å². The van der Waals surface area contributed by atoms with E-state index in [9.17, 15) is 4.79 Å². The third-order valence-corrected chi connectivity index (χ3v) is 7.09. The van der Waals surface area contributed by atoms with Gasteiger partial charge >= 0.3 is 5.97 Å². The first-order chi connectivity index (χ1) is 15.4. The summed E-state index contributed by atoms with van der Waals surface area (Å²) in [6.07, 6.45) is 0. The van der Waals surface area contributed by atoms with Gasteiger partial charge in [-0.2, -0.15) is 0 Å². The van der Waals surface area contributed by atoms with Crippen molar-refractivity contribution < 1.29 is 14.3 Å². The molecule has 0 amide bonds. The summed E-state index contributed by atoms with van der Waals surface area (Å²) in [5.41, 5.74) is -0.551. The molecule has 4 heteroatoms. The number of hydrogen-bond donors (Lipinski definition) is 0. The first kappa shape index (κ1) is 22.0. The van der Waals surface area contributed by atoms with E-state index in [1.165, 1.54) is 9.79 Å². The molecule has 4 aromatic carbocycles. The molecule has 0 atom stereocenters. The molecule has 0 N–H and O–H groups in total. The van der Waals surface area contributed by atoms with Crippen LogP contribution in [0.5, 0.6) is 5.75 Å². The fraction of sp³-hybridized carbons (Fsp3) is 0.179. The first-order valence-corrected chi connectivity index (χ1v) is 11.9. The van der Waals surface area contributed by atoms with Crippen molar-refractivity contribution in [1.82, 2.24) is 0 Å². The van der Waals surface area contributed by atoms with E-state index in [0.717, 1.165) is 15.7 Å². The minimum Gasteiger partial charge on any atom is -0.477 e. The van der Waals surface area contributed by atoms with Crippen LogP contribution >= 0.6 is 0 Å². The zero-order valence-corrected chi connectivity index (χ0v) is 19.4. The van der Waals surface area contributed by atoms with E-state index in [1.54, 1.807) is 0 Å². The number of fused-ring (bicyclic) bond motifs is 1. The Morgan fingerprint density at radius 3 is 1.91 bits per heavy atom. The van der Waals surface area contributed by atoms with Crippen molar-refractivity contribution in [2.24, 2.45) is 0 Å². The number of ether oxygens (including phenoxy) is 2. The molecule has 0 fully saturated rings. The molecule has 4 aromatic rings. The molecule has 32 heavy (non-hydrogen) atoms. The molecule has 0 heterocycles. The molecular formula is C28H27O3S+. The van der Waals surface area contributed by atoms with Crippen molar-refractivity contribution in [3.63, 3.8) is 0 Å². The molecule has 0 aliphatic carbocycles. The highest BCUT2D eigenvalue weighted by Crippen LogP contribution is 2.41. The predicted molar refractivity (Wildman–Crippen MR) is 130 cm³/mol. The maximum atomic E-state index is 12.4. The third-order valence-electron chi connectivity index (χ3n) is 4.77. The van der Waals surface area contributed by atoms with Gasteiger partial charge in [0.15, 0.2) is 22.1 Å². The lowest BCUT2D eigenvalue weighted by Crippen LogP contribution is -2.27. The maximum Gasteiger partial charge on any atom is 0.344 e. The van der Waals surface area contributed by atoms with Gasteiger partial charge in [-0.3, -0.25) is 0 Å². The molecule has 4 rings (SSSR count). The normalized spacial score (nSPS) is 11.5. The molecule has 0 unspecified atom stereocenters. The van der Waals surface area contributed by atoms with Crippen LogP contribution in [0.3, 0.4) is 0 Å². The Hall–Kier alpha value is -3.24. The molecule has 162 valence electrons. The average Bonchev–Trinajstić information content (AvgIpc) is 2.79. The van der Waals surface area contributed by atoms with Crippen molar-refractivity contribution in [3.8, 4) is 5.75 Å². The lowest BCUT2D eigenvalue weighted by atomic mass is 10.1. The van der Waals surface area contributed by atoms with Gasteiger partial charge in [0, 0.05) is 5.39 Å². The van der Waals surface area contributed by atoms with Gasteiger partial charge in [-0.25, -0.2) is 4.79 Å². The lowest BCUT2D eigenvalue weighted by molar-refractivity contribution is -0.157. The Morgan fingerprint density at radius 1 is 0.750 bits per heavy atom. The molecule has 0 bridgehead atoms. The van der Waals surface area contributed by atoms with Crippen molar-refractivity contribution in [3.05, 3.63) is 97.1 Å². The van der Waals surface area contributed by atoms with E-state index >= 15 is 0 Å². The smallest absolute Gasteiger partial charge is 0.344 e. The van der Waals surface area contributed by atoms with Gasteiger partial charge in [-0.05, 0) is 62.6 Å². The fourth-order valence-electron chi connectivity index (χ4n) is 3.54. The van der Waals surface area contributed by atoms with Gasteiger partial charge in [0.05, 0.1) is 0 Å². The fourth-order valence-corrected chi connectivity index (χ4v) is 5.88. The van der Waals surface area contributed by atoms with Gasteiger partial charge < -0.3 is 9.47 Å². The van der Waals surface area contributed by atoms with Crippen LogP contribution in [-0.4, -0.2) is 18.2 Å². The minimum absolute atomic E-state index is 0.136. The Kier molecular flexibility index (Phi) is 6.52. The summed E-state index contributed by atoms with van der Waals surface area (Å²) in [5.74, 6) is 0.321. The second-order valence-electron chi connectivity index (χ2n) is 8.42. The molecule has 0 radical (unpaired) electrons. The quantitative estimate of drug-likeness (QED) is 0.247. The van der Waals surface area contributed by atoms with E-state index in [-0.39, 0.29) is 12.6 Å². The summed E-state index contributed by atoms with van der Waals surface area (Å²) >= 11 is 0. The number of benzene rings is 4. The van der Waals surface area contributed by atoms with Crippen molar-refractivity contribution in [1.29, 1.82) is 0 Å². The monoisotopic (exact) mass is 443 g/mol. The van der Waals surface area contributed by atoms with Crippen LogP contribution in [0.4, 0.5) is 0 Å². The summed E-state index contributed by atoms with van der Waals surface area (Å²) in [5, 5.41) is 2.25. The highest BCUT2D eigenvalue weighted by atomic mass is 32.2. The van der Waals surface area contributed by atoms with Gasteiger partial charge in [0.2, 0.25) is 4.90 Å². The standard InChI is InChI=1S/C28H27O3S/c1-28(2,3)31-26(29)20-30-25-19-18-21-12-10-11-17-24(21)27(25)32(22-13-6-4-7-14-22)23-15-8-5-9-16-23/h4-19H,20H2,1-3H3/q+1. The van der Waals surface area contributed by atoms with E-state index in [4.69, 9.17) is 9.47 Å². The van der Waals surface area contributed by atoms with Gasteiger partial charge in [-0.1, -0.05) is 60.7 Å². The van der Waals surface area contributed by atoms with Crippen LogP contribution in [0.25, 0.3) is 10.8 Å². The third kappa shape index (κ3) is 5.14. The van der Waals surface area contributed by atoms with Crippen LogP contribution in [0.1, 0.15) is 20.8 Å². The van der Waals surface area contributed by atoms with E-state index in [2.05, 4.69) is 60.7 Å². The second-order valence-corrected chi connectivity index (χ2v) is 10.4. The van der Waals surface area contributed by atoms with Gasteiger partial charge in [0.1, 0.15) is 16.5 Å². The minimum atomic E-state index is -0.551. The largest absolute Gasteiger partial charge is 0.477 e. The van der Waals surface area contributed by atoms with Gasteiger partial charge in [-0.15, -0.1) is 0 Å². The zero-order valence-electron chi connectivity index (χ0n) is 18.6. The molecule has 0 saturated heterocycles. The maximum absolute atomic E-state index is 12.4. The zero-order chi connectivity index (χ0) is 22.6. The Balaban J connectivity index is 1.84. The van der Waals surface area contributed by atoms with E-state index in [1.807, 2.05) is 57.2 Å². The topological polar surface area (TPSA) is 35.5 Å². The molecule has 3 nitrogen and oxygen atoms in total. The van der Waals surface area contributed by atoms with Crippen molar-refractivity contribution in [2.75, 3.05) is 6.61 Å².